The number of benzene rings is 2. The first-order valence-electron chi connectivity index (χ1n) is 10.4. The second-order valence-corrected chi connectivity index (χ2v) is 8.98. The minimum atomic E-state index is -0.958. The van der Waals surface area contributed by atoms with Crippen molar-refractivity contribution in [2.45, 2.75) is 24.8 Å². The van der Waals surface area contributed by atoms with Gasteiger partial charge in [0.1, 0.15) is 5.54 Å². The van der Waals surface area contributed by atoms with Crippen molar-refractivity contribution in [3.63, 3.8) is 0 Å². The number of hydrogen-bond donors (Lipinski definition) is 3. The summed E-state index contributed by atoms with van der Waals surface area (Å²) in [5, 5.41) is 16.0. The van der Waals surface area contributed by atoms with Gasteiger partial charge in [-0.15, -0.1) is 0 Å². The average molecular weight is 462 g/mol. The summed E-state index contributed by atoms with van der Waals surface area (Å²) in [6.45, 7) is 1.27. The maximum Gasteiger partial charge on any atom is 0.249 e. The average Bonchev–Trinajstić information content (AvgIpc) is 3.03. The van der Waals surface area contributed by atoms with Gasteiger partial charge in [0, 0.05) is 40.8 Å². The van der Waals surface area contributed by atoms with Crippen LogP contribution in [0.5, 0.6) is 0 Å². The maximum absolute atomic E-state index is 13.5. The number of hydrogen-bond acceptors (Lipinski definition) is 4. The normalized spacial score (nSPS) is 23.3. The van der Waals surface area contributed by atoms with E-state index in [1.54, 1.807) is 12.1 Å². The first-order chi connectivity index (χ1) is 14.9. The van der Waals surface area contributed by atoms with Crippen LogP contribution in [-0.2, 0) is 21.5 Å². The van der Waals surface area contributed by atoms with Gasteiger partial charge in [-0.2, -0.15) is 0 Å². The molecule has 2 unspecified atom stereocenters. The Hall–Kier alpha value is -2.12. The maximum atomic E-state index is 13.5. The van der Waals surface area contributed by atoms with Crippen molar-refractivity contribution >= 4 is 40.7 Å². The molecule has 2 aromatic rings. The lowest BCUT2D eigenvalue weighted by molar-refractivity contribution is -0.134. The SMILES string of the molecule is O=C(NCCO)C1CCCN(C2(Cc3cccc(Cl)c3)C(=O)Nc3cc(Cl)ccc32)C1. The number of amides is 2. The molecule has 8 heteroatoms. The van der Waals surface area contributed by atoms with Crippen LogP contribution in [0.15, 0.2) is 42.5 Å². The number of likely N-dealkylation sites (tertiary alicyclic amines) is 1. The molecule has 1 fully saturated rings. The minimum absolute atomic E-state index is 0.0913. The van der Waals surface area contributed by atoms with Crippen molar-refractivity contribution in [2.24, 2.45) is 5.92 Å². The van der Waals surface area contributed by atoms with Crippen molar-refractivity contribution in [1.29, 1.82) is 0 Å². The van der Waals surface area contributed by atoms with Crippen molar-refractivity contribution in [3.05, 3.63) is 63.6 Å². The predicted octanol–water partition coefficient (Wildman–Crippen LogP) is 3.20. The van der Waals surface area contributed by atoms with E-state index in [4.69, 9.17) is 28.3 Å². The Bertz CT molecular complexity index is 1000. The predicted molar refractivity (Wildman–Crippen MR) is 121 cm³/mol. The second kappa shape index (κ2) is 9.17. The van der Waals surface area contributed by atoms with Crippen LogP contribution < -0.4 is 10.6 Å². The molecule has 2 amide bonds. The van der Waals surface area contributed by atoms with Crippen molar-refractivity contribution in [1.82, 2.24) is 10.2 Å². The van der Waals surface area contributed by atoms with Gasteiger partial charge >= 0.3 is 0 Å². The molecule has 0 bridgehead atoms. The van der Waals surface area contributed by atoms with Crippen LogP contribution in [-0.4, -0.2) is 48.1 Å². The highest BCUT2D eigenvalue weighted by Gasteiger charge is 2.52. The number of carbonyl (C=O) groups is 2. The van der Waals surface area contributed by atoms with E-state index in [0.29, 0.717) is 35.2 Å². The Balaban J connectivity index is 1.73. The fraction of sp³-hybridized carbons (Fsp3) is 0.391. The quantitative estimate of drug-likeness (QED) is 0.616. The van der Waals surface area contributed by atoms with Gasteiger partial charge in [-0.25, -0.2) is 0 Å². The summed E-state index contributed by atoms with van der Waals surface area (Å²) in [7, 11) is 0. The minimum Gasteiger partial charge on any atom is -0.395 e. The molecule has 0 radical (unpaired) electrons. The Morgan fingerprint density at radius 1 is 1.23 bits per heavy atom. The van der Waals surface area contributed by atoms with E-state index in [1.165, 1.54) is 0 Å². The Labute approximate surface area is 191 Å². The lowest BCUT2D eigenvalue weighted by atomic mass is 9.80. The lowest BCUT2D eigenvalue weighted by Gasteiger charge is -2.44. The van der Waals surface area contributed by atoms with Gasteiger partial charge in [0.05, 0.1) is 12.5 Å². The van der Waals surface area contributed by atoms with Crippen LogP contribution in [0.3, 0.4) is 0 Å². The fourth-order valence-electron chi connectivity index (χ4n) is 4.73. The third kappa shape index (κ3) is 4.30. The molecule has 2 heterocycles. The number of carbonyl (C=O) groups excluding carboxylic acids is 2. The van der Waals surface area contributed by atoms with E-state index in [-0.39, 0.29) is 30.9 Å². The summed E-state index contributed by atoms with van der Waals surface area (Å²) in [6.07, 6.45) is 1.97. The molecule has 2 aliphatic rings. The second-order valence-electron chi connectivity index (χ2n) is 8.11. The summed E-state index contributed by atoms with van der Waals surface area (Å²) in [6, 6.07) is 13.0. The standard InChI is InChI=1S/C23H25Cl2N3O3/c24-17-5-1-3-15(11-17)13-23(19-7-6-18(25)12-20(19)27-22(23)31)28-9-2-4-16(14-28)21(30)26-8-10-29/h1,3,5-7,11-12,16,29H,2,4,8-10,13-14H2,(H,26,30)(H,27,31). The van der Waals surface area contributed by atoms with Crippen LogP contribution in [0, 0.1) is 5.92 Å². The molecular weight excluding hydrogens is 437 g/mol. The van der Waals surface area contributed by atoms with Crippen molar-refractivity contribution < 1.29 is 14.7 Å². The van der Waals surface area contributed by atoms with Gasteiger partial charge < -0.3 is 15.7 Å². The number of fused-ring (bicyclic) bond motifs is 1. The van der Waals surface area contributed by atoms with Crippen molar-refractivity contribution in [2.75, 3.05) is 31.6 Å². The largest absolute Gasteiger partial charge is 0.395 e. The highest BCUT2D eigenvalue weighted by Crippen LogP contribution is 2.45. The zero-order chi connectivity index (χ0) is 22.0. The third-order valence-corrected chi connectivity index (χ3v) is 6.61. The highest BCUT2D eigenvalue weighted by atomic mass is 35.5. The summed E-state index contributed by atoms with van der Waals surface area (Å²) in [5.41, 5.74) is 1.54. The number of anilines is 1. The first kappa shape index (κ1) is 22.1. The van der Waals surface area contributed by atoms with Crippen molar-refractivity contribution in [3.8, 4) is 0 Å². The van der Waals surface area contributed by atoms with E-state index < -0.39 is 5.54 Å². The van der Waals surface area contributed by atoms with E-state index in [2.05, 4.69) is 15.5 Å². The lowest BCUT2D eigenvalue weighted by Crippen LogP contribution is -2.57. The molecule has 1 saturated heterocycles. The van der Waals surface area contributed by atoms with Gasteiger partial charge in [0.15, 0.2) is 0 Å². The Morgan fingerprint density at radius 2 is 2.03 bits per heavy atom. The molecule has 31 heavy (non-hydrogen) atoms. The molecule has 2 aromatic carbocycles. The van der Waals surface area contributed by atoms with Crippen LogP contribution in [0.4, 0.5) is 5.69 Å². The number of nitrogens with one attached hydrogen (secondary N) is 2. The molecule has 6 nitrogen and oxygen atoms in total. The molecule has 164 valence electrons. The van der Waals surface area contributed by atoms with E-state index in [9.17, 15) is 9.59 Å². The van der Waals surface area contributed by atoms with Gasteiger partial charge in [-0.05, 0) is 49.2 Å². The van der Waals surface area contributed by atoms with E-state index in [1.807, 2.05) is 30.3 Å². The number of aliphatic hydroxyl groups is 1. The van der Waals surface area contributed by atoms with Crippen LogP contribution >= 0.6 is 23.2 Å². The summed E-state index contributed by atoms with van der Waals surface area (Å²) in [4.78, 5) is 28.3. The van der Waals surface area contributed by atoms with Gasteiger partial charge in [0.2, 0.25) is 11.8 Å². The third-order valence-electron chi connectivity index (χ3n) is 6.14. The zero-order valence-electron chi connectivity index (χ0n) is 17.0. The molecule has 0 aromatic heterocycles. The summed E-state index contributed by atoms with van der Waals surface area (Å²) >= 11 is 12.4. The summed E-state index contributed by atoms with van der Waals surface area (Å²) < 4.78 is 0. The fourth-order valence-corrected chi connectivity index (χ4v) is 5.12. The Morgan fingerprint density at radius 3 is 2.81 bits per heavy atom. The first-order valence-corrected chi connectivity index (χ1v) is 11.2. The molecule has 0 spiro atoms. The smallest absolute Gasteiger partial charge is 0.249 e. The van der Waals surface area contributed by atoms with Crippen LogP contribution in [0.1, 0.15) is 24.0 Å². The molecule has 3 N–H and O–H groups in total. The molecule has 4 rings (SSSR count). The highest BCUT2D eigenvalue weighted by molar-refractivity contribution is 6.31. The van der Waals surface area contributed by atoms with Gasteiger partial charge in [-0.3, -0.25) is 14.5 Å². The monoisotopic (exact) mass is 461 g/mol. The zero-order valence-corrected chi connectivity index (χ0v) is 18.5. The summed E-state index contributed by atoms with van der Waals surface area (Å²) in [5.74, 6) is -0.465. The number of halogens is 2. The topological polar surface area (TPSA) is 81.7 Å². The van der Waals surface area contributed by atoms with Crippen LogP contribution in [0.2, 0.25) is 10.0 Å². The molecule has 2 atom stereocenters. The number of aliphatic hydroxyl groups excluding tert-OH is 1. The molecule has 0 aliphatic carbocycles. The van der Waals surface area contributed by atoms with Gasteiger partial charge in [0.25, 0.3) is 0 Å². The number of piperidine rings is 1. The molecule has 2 aliphatic heterocycles. The number of rotatable bonds is 6. The van der Waals surface area contributed by atoms with Gasteiger partial charge in [-0.1, -0.05) is 41.4 Å². The molecular formula is C23H25Cl2N3O3. The number of nitrogens with zero attached hydrogens (tertiary/aromatic N) is 1. The van der Waals surface area contributed by atoms with E-state index in [0.717, 1.165) is 24.0 Å². The molecule has 0 saturated carbocycles. The Kier molecular flexibility index (Phi) is 6.53. The van der Waals surface area contributed by atoms with Crippen LogP contribution in [0.25, 0.3) is 0 Å². The van der Waals surface area contributed by atoms with E-state index >= 15 is 0 Å².